The third-order valence-corrected chi connectivity index (χ3v) is 5.26. The molecule has 0 heterocycles. The Morgan fingerprint density at radius 3 is 1.25 bits per heavy atom. The first-order chi connectivity index (χ1) is 15.5. The molecule has 8 heteroatoms. The second-order valence-corrected chi connectivity index (χ2v) is 8.16. The number of hydrogen-bond acceptors (Lipinski definition) is 8. The summed E-state index contributed by atoms with van der Waals surface area (Å²) < 4.78 is 10.6. The highest BCUT2D eigenvalue weighted by Gasteiger charge is 2.15. The fraction of sp³-hybridized carbons (Fsp3) is 0.667. The van der Waals surface area contributed by atoms with Gasteiger partial charge in [0.15, 0.2) is 12.5 Å². The zero-order chi connectivity index (χ0) is 23.6. The van der Waals surface area contributed by atoms with E-state index in [4.69, 9.17) is 32.4 Å². The lowest BCUT2D eigenvalue weighted by Crippen LogP contribution is -2.27. The van der Waals surface area contributed by atoms with E-state index >= 15 is 0 Å². The highest BCUT2D eigenvalue weighted by molar-refractivity contribution is 5.93. The van der Waals surface area contributed by atoms with Crippen LogP contribution in [-0.4, -0.2) is 37.5 Å². The Morgan fingerprint density at radius 2 is 0.906 bits per heavy atom. The van der Waals surface area contributed by atoms with Crippen molar-refractivity contribution >= 4 is 11.9 Å². The van der Waals surface area contributed by atoms with Gasteiger partial charge in [-0.3, -0.25) is 11.5 Å². The van der Waals surface area contributed by atoms with Gasteiger partial charge in [-0.2, -0.15) is 0 Å². The summed E-state index contributed by atoms with van der Waals surface area (Å²) in [6, 6.07) is 6.12. The largest absolute Gasteiger partial charge is 0.443 e. The van der Waals surface area contributed by atoms with Crippen LogP contribution in [0.15, 0.2) is 24.3 Å². The van der Waals surface area contributed by atoms with Gasteiger partial charge in [0.2, 0.25) is 0 Å². The van der Waals surface area contributed by atoms with E-state index in [-0.39, 0.29) is 0 Å². The summed E-state index contributed by atoms with van der Waals surface area (Å²) in [5.41, 5.74) is 23.4. The second kappa shape index (κ2) is 17.5. The SMILES string of the molecule is NCCCCCCCC(N)OC(=O)c1ccc(C(=O)OC(N)CCCCCCCN)cc1. The Labute approximate surface area is 192 Å². The van der Waals surface area contributed by atoms with Crippen molar-refractivity contribution < 1.29 is 19.1 Å². The van der Waals surface area contributed by atoms with E-state index in [2.05, 4.69) is 0 Å². The minimum Gasteiger partial charge on any atom is -0.443 e. The molecule has 0 fully saturated rings. The number of hydrogen-bond donors (Lipinski definition) is 4. The monoisotopic (exact) mass is 450 g/mol. The lowest BCUT2D eigenvalue weighted by atomic mass is 10.1. The van der Waals surface area contributed by atoms with Gasteiger partial charge < -0.3 is 20.9 Å². The van der Waals surface area contributed by atoms with Gasteiger partial charge >= 0.3 is 11.9 Å². The predicted octanol–water partition coefficient (Wildman–Crippen LogP) is 3.17. The maximum atomic E-state index is 12.2. The van der Waals surface area contributed by atoms with E-state index in [9.17, 15) is 9.59 Å². The lowest BCUT2D eigenvalue weighted by molar-refractivity contribution is 0.0276. The molecule has 1 aromatic rings. The van der Waals surface area contributed by atoms with Gasteiger partial charge in [0.05, 0.1) is 11.1 Å². The Morgan fingerprint density at radius 1 is 0.594 bits per heavy atom. The Hall–Kier alpha value is -2.00. The summed E-state index contributed by atoms with van der Waals surface area (Å²) in [6.45, 7) is 1.44. The summed E-state index contributed by atoms with van der Waals surface area (Å²) in [4.78, 5) is 24.5. The summed E-state index contributed by atoms with van der Waals surface area (Å²) in [6.07, 6.45) is 10.3. The Kier molecular flexibility index (Phi) is 15.4. The molecule has 182 valence electrons. The number of carbonyl (C=O) groups is 2. The first-order valence-electron chi connectivity index (χ1n) is 11.9. The fourth-order valence-electron chi connectivity index (χ4n) is 3.31. The molecule has 0 amide bonds. The number of benzene rings is 1. The van der Waals surface area contributed by atoms with Crippen LogP contribution in [0, 0.1) is 0 Å². The van der Waals surface area contributed by atoms with E-state index in [1.807, 2.05) is 0 Å². The summed E-state index contributed by atoms with van der Waals surface area (Å²) in [5, 5.41) is 0. The third kappa shape index (κ3) is 12.8. The molecule has 0 saturated heterocycles. The molecular weight excluding hydrogens is 408 g/mol. The summed E-state index contributed by atoms with van der Waals surface area (Å²) >= 11 is 0. The molecule has 0 aliphatic rings. The van der Waals surface area contributed by atoms with Crippen molar-refractivity contribution in [3.05, 3.63) is 35.4 Å². The minimum absolute atomic E-state index is 0.335. The molecule has 0 bridgehead atoms. The van der Waals surface area contributed by atoms with Crippen molar-refractivity contribution in [2.24, 2.45) is 22.9 Å². The first-order valence-corrected chi connectivity index (χ1v) is 11.9. The molecule has 0 aliphatic carbocycles. The van der Waals surface area contributed by atoms with Crippen molar-refractivity contribution in [3.63, 3.8) is 0 Å². The van der Waals surface area contributed by atoms with E-state index in [1.54, 1.807) is 0 Å². The van der Waals surface area contributed by atoms with Crippen molar-refractivity contribution in [2.75, 3.05) is 13.1 Å². The van der Waals surface area contributed by atoms with Gasteiger partial charge in [-0.15, -0.1) is 0 Å². The minimum atomic E-state index is -0.644. The van der Waals surface area contributed by atoms with Gasteiger partial charge in [0.1, 0.15) is 0 Å². The molecule has 0 spiro atoms. The molecule has 1 rings (SSSR count). The van der Waals surface area contributed by atoms with Crippen LogP contribution in [0.1, 0.15) is 97.8 Å². The molecule has 8 nitrogen and oxygen atoms in total. The van der Waals surface area contributed by atoms with Crippen LogP contribution in [0.25, 0.3) is 0 Å². The van der Waals surface area contributed by atoms with Crippen LogP contribution >= 0.6 is 0 Å². The van der Waals surface area contributed by atoms with Crippen LogP contribution < -0.4 is 22.9 Å². The van der Waals surface area contributed by atoms with Gasteiger partial charge in [0.25, 0.3) is 0 Å². The average molecular weight is 451 g/mol. The van der Waals surface area contributed by atoms with Gasteiger partial charge in [-0.25, -0.2) is 9.59 Å². The standard InChI is InChI=1S/C24H42N4O4/c25-17-9-5-1-3-7-11-21(27)31-23(29)19-13-15-20(16-14-19)24(30)32-22(28)12-8-4-2-6-10-18-26/h13-16,21-22H,1-12,17-18,25-28H2. The predicted molar refractivity (Wildman–Crippen MR) is 127 cm³/mol. The fourth-order valence-corrected chi connectivity index (χ4v) is 3.31. The second-order valence-electron chi connectivity index (χ2n) is 8.16. The van der Waals surface area contributed by atoms with Gasteiger partial charge in [-0.1, -0.05) is 38.5 Å². The molecule has 0 saturated carbocycles. The van der Waals surface area contributed by atoms with Crippen LogP contribution in [0.5, 0.6) is 0 Å². The summed E-state index contributed by atoms with van der Waals surface area (Å²) in [7, 11) is 0. The maximum Gasteiger partial charge on any atom is 0.339 e. The molecule has 2 unspecified atom stereocenters. The number of ether oxygens (including phenoxy) is 2. The van der Waals surface area contributed by atoms with Gasteiger partial charge in [0, 0.05) is 0 Å². The Bertz CT molecular complexity index is 584. The molecular formula is C24H42N4O4. The topological polar surface area (TPSA) is 157 Å². The normalized spacial score (nSPS) is 12.9. The van der Waals surface area contributed by atoms with E-state index < -0.39 is 24.4 Å². The Balaban J connectivity index is 2.31. The number of rotatable bonds is 18. The number of unbranched alkanes of at least 4 members (excludes halogenated alkanes) is 8. The zero-order valence-corrected chi connectivity index (χ0v) is 19.3. The molecule has 0 aromatic heterocycles. The molecule has 0 aliphatic heterocycles. The van der Waals surface area contributed by atoms with Crippen LogP contribution in [-0.2, 0) is 9.47 Å². The van der Waals surface area contributed by atoms with E-state index in [1.165, 1.54) is 24.3 Å². The average Bonchev–Trinajstić information content (AvgIpc) is 2.78. The highest BCUT2D eigenvalue weighted by Crippen LogP contribution is 2.13. The number of carbonyl (C=O) groups excluding carboxylic acids is 2. The number of nitrogens with two attached hydrogens (primary N) is 4. The molecule has 8 N–H and O–H groups in total. The van der Waals surface area contributed by atoms with Crippen LogP contribution in [0.4, 0.5) is 0 Å². The summed E-state index contributed by atoms with van der Waals surface area (Å²) in [5.74, 6) is -1.02. The number of esters is 2. The third-order valence-electron chi connectivity index (χ3n) is 5.26. The maximum absolute atomic E-state index is 12.2. The first kappa shape index (κ1) is 28.0. The highest BCUT2D eigenvalue weighted by atomic mass is 16.6. The van der Waals surface area contributed by atoms with E-state index in [0.717, 1.165) is 77.3 Å². The van der Waals surface area contributed by atoms with Crippen molar-refractivity contribution in [3.8, 4) is 0 Å². The smallest absolute Gasteiger partial charge is 0.339 e. The van der Waals surface area contributed by atoms with Gasteiger partial charge in [-0.05, 0) is 75.9 Å². The molecule has 1 aromatic carbocycles. The zero-order valence-electron chi connectivity index (χ0n) is 19.3. The lowest BCUT2D eigenvalue weighted by Gasteiger charge is -2.14. The molecule has 0 radical (unpaired) electrons. The van der Waals surface area contributed by atoms with Crippen LogP contribution in [0.3, 0.4) is 0 Å². The van der Waals surface area contributed by atoms with Crippen LogP contribution in [0.2, 0.25) is 0 Å². The van der Waals surface area contributed by atoms with Crippen molar-refractivity contribution in [2.45, 2.75) is 89.5 Å². The quantitative estimate of drug-likeness (QED) is 0.151. The molecule has 2 atom stereocenters. The van der Waals surface area contributed by atoms with E-state index in [0.29, 0.717) is 24.0 Å². The van der Waals surface area contributed by atoms with Crippen molar-refractivity contribution in [1.29, 1.82) is 0 Å². The van der Waals surface area contributed by atoms with Crippen molar-refractivity contribution in [1.82, 2.24) is 0 Å². The molecule has 32 heavy (non-hydrogen) atoms.